The normalized spacial score (nSPS) is 15.3. The molecule has 0 aromatic heterocycles. The van der Waals surface area contributed by atoms with E-state index in [2.05, 4.69) is 36.4 Å². The monoisotopic (exact) mass is 272 g/mol. The van der Waals surface area contributed by atoms with E-state index in [1.165, 1.54) is 34.8 Å². The van der Waals surface area contributed by atoms with E-state index < -0.39 is 0 Å². The van der Waals surface area contributed by atoms with Gasteiger partial charge in [-0.1, -0.05) is 12.1 Å². The van der Waals surface area contributed by atoms with Crippen LogP contribution in [0.2, 0.25) is 0 Å². The Morgan fingerprint density at radius 1 is 1.00 bits per heavy atom. The number of rotatable bonds is 5. The van der Waals surface area contributed by atoms with Gasteiger partial charge in [0.05, 0.1) is 25.2 Å². The lowest BCUT2D eigenvalue weighted by Gasteiger charge is -2.15. The van der Waals surface area contributed by atoms with Crippen LogP contribution in [0.25, 0.3) is 0 Å². The summed E-state index contributed by atoms with van der Waals surface area (Å²) in [5.74, 6) is 2.68. The first-order valence-electron chi connectivity index (χ1n) is 6.56. The maximum absolute atomic E-state index is 8.73. The van der Waals surface area contributed by atoms with Gasteiger partial charge in [0.2, 0.25) is 0 Å². The third-order valence-corrected chi connectivity index (χ3v) is 5.78. The van der Waals surface area contributed by atoms with Crippen LogP contribution in [-0.2, 0) is 17.4 Å². The molecule has 98 valence electrons. The van der Waals surface area contributed by atoms with E-state index in [0.29, 0.717) is 30.5 Å². The number of benzene rings is 1. The van der Waals surface area contributed by atoms with Gasteiger partial charge in [0, 0.05) is 17.4 Å². The van der Waals surface area contributed by atoms with E-state index in [9.17, 15) is 0 Å². The van der Waals surface area contributed by atoms with Gasteiger partial charge in [-0.2, -0.15) is 10.5 Å². The van der Waals surface area contributed by atoms with Crippen molar-refractivity contribution >= 4 is 10.9 Å². The molecule has 0 N–H and O–H groups in total. The minimum atomic E-state index is 0.305. The van der Waals surface area contributed by atoms with Crippen molar-refractivity contribution in [2.24, 2.45) is 0 Å². The molecule has 1 aromatic carbocycles. The van der Waals surface area contributed by atoms with Crippen molar-refractivity contribution in [1.29, 1.82) is 10.5 Å². The van der Waals surface area contributed by atoms with Crippen LogP contribution < -0.4 is 0 Å². The topological polar surface area (TPSA) is 50.8 Å². The zero-order chi connectivity index (χ0) is 13.5. The van der Waals surface area contributed by atoms with Crippen LogP contribution in [0, 0.1) is 22.7 Å². The second-order valence-corrected chi connectivity index (χ2v) is 6.99. The van der Waals surface area contributed by atoms with Gasteiger partial charge in [0.15, 0.2) is 4.90 Å². The fraction of sp³-hybridized carbons (Fsp3) is 0.467. The summed E-state index contributed by atoms with van der Waals surface area (Å²) >= 11 is 0. The lowest BCUT2D eigenvalue weighted by Crippen LogP contribution is -2.23. The van der Waals surface area contributed by atoms with Crippen LogP contribution in [0.5, 0.6) is 0 Å². The average Bonchev–Trinajstić information content (AvgIpc) is 2.94. The lowest BCUT2D eigenvalue weighted by atomic mass is 10.2. The van der Waals surface area contributed by atoms with Crippen LogP contribution >= 0.6 is 0 Å². The molecular formula is C15H18N3S+. The molecule has 0 atom stereocenters. The molecule has 0 amide bonds. The zero-order valence-corrected chi connectivity index (χ0v) is 11.8. The molecule has 0 bridgehead atoms. The highest BCUT2D eigenvalue weighted by Crippen LogP contribution is 2.23. The van der Waals surface area contributed by atoms with Gasteiger partial charge in [-0.15, -0.1) is 0 Å². The van der Waals surface area contributed by atoms with Gasteiger partial charge < -0.3 is 0 Å². The summed E-state index contributed by atoms with van der Waals surface area (Å²) in [7, 11) is 0.463. The first-order valence-corrected chi connectivity index (χ1v) is 8.12. The van der Waals surface area contributed by atoms with Crippen molar-refractivity contribution in [3.63, 3.8) is 0 Å². The van der Waals surface area contributed by atoms with Crippen molar-refractivity contribution in [3.05, 3.63) is 29.8 Å². The molecule has 1 fully saturated rings. The van der Waals surface area contributed by atoms with E-state index in [4.69, 9.17) is 10.5 Å². The number of hydrogen-bond acceptors (Lipinski definition) is 3. The second kappa shape index (κ2) is 7.19. The van der Waals surface area contributed by atoms with E-state index in [1.54, 1.807) is 0 Å². The first-order chi connectivity index (χ1) is 9.33. The number of hydrogen-bond donors (Lipinski definition) is 0. The molecule has 1 saturated heterocycles. The average molecular weight is 272 g/mol. The summed E-state index contributed by atoms with van der Waals surface area (Å²) in [4.78, 5) is 3.32. The van der Waals surface area contributed by atoms with Crippen molar-refractivity contribution in [2.75, 3.05) is 24.6 Å². The first kappa shape index (κ1) is 13.9. The standard InChI is InChI=1S/C15H18N3S/c16-7-9-18(10-8-17)13-14-3-5-15(6-4-14)19-11-1-2-12-19/h3-6H,1-2,9-13H2/q+1. The van der Waals surface area contributed by atoms with Gasteiger partial charge >= 0.3 is 0 Å². The highest BCUT2D eigenvalue weighted by atomic mass is 32.2. The van der Waals surface area contributed by atoms with Crippen molar-refractivity contribution in [3.8, 4) is 12.1 Å². The minimum Gasteiger partial charge on any atom is -0.273 e. The van der Waals surface area contributed by atoms with Crippen LogP contribution in [0.3, 0.4) is 0 Å². The molecule has 2 rings (SSSR count). The van der Waals surface area contributed by atoms with Crippen LogP contribution in [-0.4, -0.2) is 29.5 Å². The lowest BCUT2D eigenvalue weighted by molar-refractivity contribution is 0.335. The molecule has 1 aliphatic rings. The summed E-state index contributed by atoms with van der Waals surface area (Å²) in [5.41, 5.74) is 1.18. The Balaban J connectivity index is 1.97. The molecule has 3 nitrogen and oxygen atoms in total. The quantitative estimate of drug-likeness (QED) is 0.610. The molecule has 19 heavy (non-hydrogen) atoms. The summed E-state index contributed by atoms with van der Waals surface area (Å²) in [6.45, 7) is 1.29. The molecule has 0 unspecified atom stereocenters. The second-order valence-electron chi connectivity index (χ2n) is 4.71. The van der Waals surface area contributed by atoms with E-state index in [0.717, 1.165) is 0 Å². The van der Waals surface area contributed by atoms with E-state index >= 15 is 0 Å². The van der Waals surface area contributed by atoms with E-state index in [1.807, 2.05) is 4.90 Å². The van der Waals surface area contributed by atoms with Crippen LogP contribution in [0.15, 0.2) is 29.2 Å². The largest absolute Gasteiger partial charge is 0.273 e. The maximum atomic E-state index is 8.73. The molecule has 0 radical (unpaired) electrons. The van der Waals surface area contributed by atoms with Gasteiger partial charge in [-0.3, -0.25) is 4.90 Å². The van der Waals surface area contributed by atoms with E-state index in [-0.39, 0.29) is 0 Å². The summed E-state index contributed by atoms with van der Waals surface area (Å²) in [6, 6.07) is 12.9. The Morgan fingerprint density at radius 2 is 1.58 bits per heavy atom. The Hall–Kier alpha value is -1.49. The smallest absolute Gasteiger partial charge is 0.154 e. The minimum absolute atomic E-state index is 0.305. The third-order valence-electron chi connectivity index (χ3n) is 3.28. The molecule has 4 heteroatoms. The molecular weight excluding hydrogens is 254 g/mol. The van der Waals surface area contributed by atoms with Crippen LogP contribution in [0.4, 0.5) is 0 Å². The highest BCUT2D eigenvalue weighted by Gasteiger charge is 2.26. The predicted molar refractivity (Wildman–Crippen MR) is 77.5 cm³/mol. The molecule has 1 aliphatic heterocycles. The van der Waals surface area contributed by atoms with Gasteiger partial charge in [0.1, 0.15) is 11.5 Å². The van der Waals surface area contributed by atoms with Crippen LogP contribution in [0.1, 0.15) is 18.4 Å². The Bertz CT molecular complexity index is 462. The molecule has 0 aliphatic carbocycles. The van der Waals surface area contributed by atoms with Crippen molar-refractivity contribution in [2.45, 2.75) is 24.3 Å². The predicted octanol–water partition coefficient (Wildman–Crippen LogP) is 2.31. The molecule has 1 aromatic rings. The Labute approximate surface area is 117 Å². The summed E-state index contributed by atoms with van der Waals surface area (Å²) in [5, 5.41) is 17.5. The van der Waals surface area contributed by atoms with Crippen molar-refractivity contribution in [1.82, 2.24) is 4.90 Å². The fourth-order valence-electron chi connectivity index (χ4n) is 2.30. The Morgan fingerprint density at radius 3 is 2.11 bits per heavy atom. The summed E-state index contributed by atoms with van der Waals surface area (Å²) in [6.07, 6.45) is 2.73. The number of nitrogens with zero attached hydrogens (tertiary/aromatic N) is 3. The molecule has 1 heterocycles. The third kappa shape index (κ3) is 3.99. The Kier molecular flexibility index (Phi) is 5.27. The van der Waals surface area contributed by atoms with Gasteiger partial charge in [0.25, 0.3) is 0 Å². The van der Waals surface area contributed by atoms with Gasteiger partial charge in [-0.05, 0) is 30.5 Å². The zero-order valence-electron chi connectivity index (χ0n) is 11.0. The van der Waals surface area contributed by atoms with Crippen molar-refractivity contribution < 1.29 is 0 Å². The SMILES string of the molecule is N#CCN(CC#N)Cc1ccc([S+]2CCCC2)cc1. The number of nitriles is 2. The molecule has 0 spiro atoms. The maximum Gasteiger partial charge on any atom is 0.154 e. The molecule has 0 saturated carbocycles. The summed E-state index contributed by atoms with van der Waals surface area (Å²) < 4.78 is 0. The fourth-order valence-corrected chi connectivity index (χ4v) is 4.61. The highest BCUT2D eigenvalue weighted by molar-refractivity contribution is 7.97. The van der Waals surface area contributed by atoms with Gasteiger partial charge in [-0.25, -0.2) is 0 Å².